The number of aryl methyl sites for hydroxylation is 2. The Labute approximate surface area is 201 Å². The van der Waals surface area contributed by atoms with Crippen LogP contribution in [0.25, 0.3) is 10.2 Å². The standard InChI is InChI=1S/C26H25N3O4S/c1-3-19-11-7-8-12-20(19)28-21(30)15-29-16-27-24-22(25(29)31)17(2)23(34-24)26(32)33-14-13-18-9-5-4-6-10-18/h4-12,16H,3,13-15H2,1-2H3,(H,28,30). The molecule has 0 saturated heterocycles. The van der Waals surface area contributed by atoms with Gasteiger partial charge in [-0.1, -0.05) is 55.5 Å². The van der Waals surface area contributed by atoms with Gasteiger partial charge in [-0.3, -0.25) is 14.2 Å². The zero-order valence-electron chi connectivity index (χ0n) is 19.0. The number of hydrogen-bond donors (Lipinski definition) is 1. The molecular formula is C26H25N3O4S. The number of fused-ring (bicyclic) bond motifs is 1. The Balaban J connectivity index is 1.49. The molecule has 0 aliphatic heterocycles. The van der Waals surface area contributed by atoms with Gasteiger partial charge in [0.05, 0.1) is 18.3 Å². The van der Waals surface area contributed by atoms with Crippen molar-refractivity contribution in [2.75, 3.05) is 11.9 Å². The van der Waals surface area contributed by atoms with Crippen LogP contribution in [0.5, 0.6) is 0 Å². The Hall–Kier alpha value is -3.78. The third-order valence-electron chi connectivity index (χ3n) is 5.56. The summed E-state index contributed by atoms with van der Waals surface area (Å²) in [6.07, 6.45) is 2.73. The van der Waals surface area contributed by atoms with Gasteiger partial charge in [0.2, 0.25) is 5.91 Å². The lowest BCUT2D eigenvalue weighted by Crippen LogP contribution is -2.28. The number of ether oxygens (including phenoxy) is 1. The van der Waals surface area contributed by atoms with Crippen molar-refractivity contribution in [1.82, 2.24) is 9.55 Å². The molecule has 1 N–H and O–H groups in total. The summed E-state index contributed by atoms with van der Waals surface area (Å²) in [4.78, 5) is 43.5. The maximum Gasteiger partial charge on any atom is 0.348 e. The molecule has 0 radical (unpaired) electrons. The summed E-state index contributed by atoms with van der Waals surface area (Å²) < 4.78 is 6.70. The molecule has 0 fully saturated rings. The fraction of sp³-hybridized carbons (Fsp3) is 0.231. The number of anilines is 1. The van der Waals surface area contributed by atoms with E-state index in [1.807, 2.05) is 61.5 Å². The number of para-hydroxylation sites is 1. The molecular weight excluding hydrogens is 450 g/mol. The molecule has 7 nitrogen and oxygen atoms in total. The van der Waals surface area contributed by atoms with Crippen molar-refractivity contribution in [1.29, 1.82) is 0 Å². The van der Waals surface area contributed by atoms with Crippen LogP contribution in [0.15, 0.2) is 65.7 Å². The molecule has 4 rings (SSSR count). The van der Waals surface area contributed by atoms with Crippen molar-refractivity contribution >= 4 is 39.1 Å². The second-order valence-corrected chi connectivity index (χ2v) is 8.84. The van der Waals surface area contributed by atoms with E-state index in [9.17, 15) is 14.4 Å². The number of nitrogens with one attached hydrogen (secondary N) is 1. The third kappa shape index (κ3) is 5.07. The van der Waals surface area contributed by atoms with Gasteiger partial charge in [0.25, 0.3) is 5.56 Å². The lowest BCUT2D eigenvalue weighted by molar-refractivity contribution is -0.116. The number of aromatic nitrogens is 2. The molecule has 0 aliphatic carbocycles. The highest BCUT2D eigenvalue weighted by Crippen LogP contribution is 2.27. The molecule has 0 saturated carbocycles. The average Bonchev–Trinajstić information content (AvgIpc) is 3.19. The van der Waals surface area contributed by atoms with Crippen molar-refractivity contribution in [3.63, 3.8) is 0 Å². The second-order valence-electron chi connectivity index (χ2n) is 7.84. The van der Waals surface area contributed by atoms with Crippen LogP contribution >= 0.6 is 11.3 Å². The Morgan fingerprint density at radius 3 is 2.59 bits per heavy atom. The molecule has 2 heterocycles. The number of benzene rings is 2. The van der Waals surface area contributed by atoms with Crippen LogP contribution in [0.1, 0.15) is 33.3 Å². The zero-order chi connectivity index (χ0) is 24.1. The summed E-state index contributed by atoms with van der Waals surface area (Å²) >= 11 is 1.13. The van der Waals surface area contributed by atoms with Crippen LogP contribution in [0.4, 0.5) is 5.69 Å². The van der Waals surface area contributed by atoms with Crippen molar-refractivity contribution in [2.24, 2.45) is 0 Å². The van der Waals surface area contributed by atoms with Crippen LogP contribution in [0, 0.1) is 6.92 Å². The molecule has 0 aliphatic rings. The number of esters is 1. The smallest absolute Gasteiger partial charge is 0.348 e. The van der Waals surface area contributed by atoms with Crippen molar-refractivity contribution in [3.05, 3.63) is 92.8 Å². The summed E-state index contributed by atoms with van der Waals surface area (Å²) in [5, 5.41) is 3.20. The first-order valence-corrected chi connectivity index (χ1v) is 11.9. The lowest BCUT2D eigenvalue weighted by Gasteiger charge is -2.10. The predicted molar refractivity (Wildman–Crippen MR) is 133 cm³/mol. The minimum absolute atomic E-state index is 0.175. The van der Waals surface area contributed by atoms with E-state index in [0.29, 0.717) is 27.1 Å². The number of amides is 1. The van der Waals surface area contributed by atoms with Crippen molar-refractivity contribution in [2.45, 2.75) is 33.2 Å². The van der Waals surface area contributed by atoms with Gasteiger partial charge in [-0.25, -0.2) is 9.78 Å². The topological polar surface area (TPSA) is 90.3 Å². The van der Waals surface area contributed by atoms with Gasteiger partial charge in [-0.15, -0.1) is 11.3 Å². The third-order valence-corrected chi connectivity index (χ3v) is 6.74. The second kappa shape index (κ2) is 10.4. The normalized spacial score (nSPS) is 10.9. The Kier molecular flexibility index (Phi) is 7.18. The molecule has 1 amide bonds. The van der Waals surface area contributed by atoms with Crippen molar-refractivity contribution in [3.8, 4) is 0 Å². The molecule has 8 heteroatoms. The first-order valence-electron chi connectivity index (χ1n) is 11.0. The highest BCUT2D eigenvalue weighted by atomic mass is 32.1. The summed E-state index contributed by atoms with van der Waals surface area (Å²) in [7, 11) is 0. The molecule has 0 spiro atoms. The lowest BCUT2D eigenvalue weighted by atomic mass is 10.1. The number of rotatable bonds is 8. The van der Waals surface area contributed by atoms with Crippen LogP contribution in [0.2, 0.25) is 0 Å². The summed E-state index contributed by atoms with van der Waals surface area (Å²) in [6, 6.07) is 17.3. The number of hydrogen-bond acceptors (Lipinski definition) is 6. The maximum atomic E-state index is 13.1. The van der Waals surface area contributed by atoms with Gasteiger partial charge in [-0.05, 0) is 36.1 Å². The van der Waals surface area contributed by atoms with Gasteiger partial charge in [0.1, 0.15) is 16.3 Å². The van der Waals surface area contributed by atoms with Gasteiger partial charge < -0.3 is 10.1 Å². The fourth-order valence-electron chi connectivity index (χ4n) is 3.73. The van der Waals surface area contributed by atoms with Crippen LogP contribution in [-0.4, -0.2) is 28.0 Å². The van der Waals surface area contributed by atoms with E-state index in [1.165, 1.54) is 10.9 Å². The van der Waals surface area contributed by atoms with E-state index in [0.717, 1.165) is 34.6 Å². The van der Waals surface area contributed by atoms with Crippen LogP contribution in [-0.2, 0) is 28.9 Å². The van der Waals surface area contributed by atoms with E-state index < -0.39 is 5.97 Å². The monoisotopic (exact) mass is 475 g/mol. The summed E-state index contributed by atoms with van der Waals surface area (Å²) in [5.74, 6) is -0.797. The summed E-state index contributed by atoms with van der Waals surface area (Å²) in [5.41, 5.74) is 2.98. The Bertz CT molecular complexity index is 1390. The van der Waals surface area contributed by atoms with E-state index >= 15 is 0 Å². The number of carbonyl (C=O) groups is 2. The molecule has 2 aromatic heterocycles. The molecule has 0 bridgehead atoms. The van der Waals surface area contributed by atoms with Gasteiger partial charge in [-0.2, -0.15) is 0 Å². The minimum atomic E-state index is -0.476. The largest absolute Gasteiger partial charge is 0.461 e. The maximum absolute atomic E-state index is 13.1. The molecule has 4 aromatic rings. The van der Waals surface area contributed by atoms with Gasteiger partial charge >= 0.3 is 5.97 Å². The zero-order valence-corrected chi connectivity index (χ0v) is 19.9. The number of thiophene rings is 1. The average molecular weight is 476 g/mol. The van der Waals surface area contributed by atoms with E-state index in [4.69, 9.17) is 4.74 Å². The molecule has 0 atom stereocenters. The first-order chi connectivity index (χ1) is 16.5. The van der Waals surface area contributed by atoms with E-state index in [-0.39, 0.29) is 24.6 Å². The van der Waals surface area contributed by atoms with Crippen LogP contribution < -0.4 is 10.9 Å². The predicted octanol–water partition coefficient (Wildman–Crippen LogP) is 4.37. The highest BCUT2D eigenvalue weighted by Gasteiger charge is 2.21. The van der Waals surface area contributed by atoms with E-state index in [1.54, 1.807) is 6.92 Å². The molecule has 0 unspecified atom stereocenters. The minimum Gasteiger partial charge on any atom is -0.461 e. The number of carbonyl (C=O) groups excluding carboxylic acids is 2. The number of nitrogens with zero attached hydrogens (tertiary/aromatic N) is 2. The quantitative estimate of drug-likeness (QED) is 0.382. The first kappa shape index (κ1) is 23.4. The molecule has 34 heavy (non-hydrogen) atoms. The highest BCUT2D eigenvalue weighted by molar-refractivity contribution is 7.20. The Morgan fingerprint density at radius 1 is 1.09 bits per heavy atom. The van der Waals surface area contributed by atoms with Crippen molar-refractivity contribution < 1.29 is 14.3 Å². The molecule has 2 aromatic carbocycles. The SMILES string of the molecule is CCc1ccccc1NC(=O)Cn1cnc2sc(C(=O)OCCc3ccccc3)c(C)c2c1=O. The van der Waals surface area contributed by atoms with Crippen LogP contribution in [0.3, 0.4) is 0 Å². The summed E-state index contributed by atoms with van der Waals surface area (Å²) in [6.45, 7) is 3.79. The van der Waals surface area contributed by atoms with Gasteiger partial charge in [0, 0.05) is 12.1 Å². The Morgan fingerprint density at radius 2 is 1.82 bits per heavy atom. The molecule has 174 valence electrons. The van der Waals surface area contributed by atoms with E-state index in [2.05, 4.69) is 10.3 Å². The fourth-order valence-corrected chi connectivity index (χ4v) is 4.77. The van der Waals surface area contributed by atoms with Gasteiger partial charge in [0.15, 0.2) is 0 Å².